The number of ketones is 1. The Hall–Kier alpha value is -4.06. The molecule has 0 spiro atoms. The van der Waals surface area contributed by atoms with E-state index in [0.717, 1.165) is 46.7 Å². The van der Waals surface area contributed by atoms with E-state index in [1.807, 2.05) is 74.6 Å². The van der Waals surface area contributed by atoms with Crippen LogP contribution in [0.25, 0.3) is 0 Å². The lowest BCUT2D eigenvalue weighted by Gasteiger charge is -2.25. The number of aromatic amines is 1. The van der Waals surface area contributed by atoms with Gasteiger partial charge in [0, 0.05) is 36.4 Å². The summed E-state index contributed by atoms with van der Waals surface area (Å²) in [6.45, 7) is 4.25. The predicted octanol–water partition coefficient (Wildman–Crippen LogP) is 6.66. The lowest BCUT2D eigenvalue weighted by Crippen LogP contribution is -2.18. The lowest BCUT2D eigenvalue weighted by atomic mass is 9.87. The van der Waals surface area contributed by atoms with Gasteiger partial charge in [-0.3, -0.25) is 4.79 Å². The van der Waals surface area contributed by atoms with Crippen molar-refractivity contribution in [3.63, 3.8) is 0 Å². The summed E-state index contributed by atoms with van der Waals surface area (Å²) in [4.78, 5) is 20.3. The van der Waals surface area contributed by atoms with Gasteiger partial charge in [-0.2, -0.15) is 0 Å². The number of para-hydroxylation sites is 2. The minimum atomic E-state index is -0.264. The van der Waals surface area contributed by atoms with Crippen LogP contribution < -0.4 is 14.2 Å². The molecule has 6 heteroatoms. The second kappa shape index (κ2) is 11.3. The Morgan fingerprint density at radius 3 is 2.43 bits per heavy atom. The van der Waals surface area contributed by atoms with Gasteiger partial charge in [-0.15, -0.1) is 0 Å². The summed E-state index contributed by atoms with van der Waals surface area (Å²) in [5.41, 5.74) is 3.74. The first-order valence-electron chi connectivity index (χ1n) is 12.8. The Bertz CT molecular complexity index is 1330. The SMILES string of the molecule is CC(C)Oc1ccccc1OCc1c(O[C@@H](Cc2ncc[nH]2)c2ccccc2)ccc2c1CCCC2=O. The van der Waals surface area contributed by atoms with Crippen LogP contribution in [0.2, 0.25) is 0 Å². The molecule has 1 atom stereocenters. The van der Waals surface area contributed by atoms with Crippen molar-refractivity contribution in [3.05, 3.63) is 107 Å². The van der Waals surface area contributed by atoms with Gasteiger partial charge in [-0.1, -0.05) is 42.5 Å². The molecule has 0 saturated heterocycles. The molecular weight excluding hydrogens is 464 g/mol. The molecule has 0 amide bonds. The molecule has 1 aliphatic rings. The van der Waals surface area contributed by atoms with Crippen LogP contribution in [0.5, 0.6) is 17.2 Å². The van der Waals surface area contributed by atoms with Crippen molar-refractivity contribution in [1.29, 1.82) is 0 Å². The number of nitrogens with one attached hydrogen (secondary N) is 1. The molecule has 0 aliphatic heterocycles. The number of hydrogen-bond acceptors (Lipinski definition) is 5. The first-order valence-corrected chi connectivity index (χ1v) is 12.8. The molecule has 1 aromatic heterocycles. The average Bonchev–Trinajstić information content (AvgIpc) is 3.42. The number of carbonyl (C=O) groups excluding carboxylic acids is 1. The van der Waals surface area contributed by atoms with Gasteiger partial charge in [0.25, 0.3) is 0 Å². The highest BCUT2D eigenvalue weighted by atomic mass is 16.5. The maximum Gasteiger partial charge on any atom is 0.163 e. The molecular formula is C31H32N2O4. The second-order valence-corrected chi connectivity index (χ2v) is 9.50. The van der Waals surface area contributed by atoms with E-state index in [-0.39, 0.29) is 24.6 Å². The molecule has 37 heavy (non-hydrogen) atoms. The summed E-state index contributed by atoms with van der Waals surface area (Å²) in [7, 11) is 0. The smallest absolute Gasteiger partial charge is 0.163 e. The summed E-state index contributed by atoms with van der Waals surface area (Å²) in [5, 5.41) is 0. The standard InChI is InChI=1S/C31H32N2O4/c1-21(2)36-29-14-7-6-13-28(29)35-20-25-23-11-8-12-26(34)24(23)15-16-27(25)37-30(19-31-32-17-18-33-31)22-9-4-3-5-10-22/h3-7,9-10,13-18,21,30H,8,11-12,19-20H2,1-2H3,(H,32,33)/t30-/m0/s1. The molecule has 0 bridgehead atoms. The van der Waals surface area contributed by atoms with Crippen molar-refractivity contribution in [2.45, 2.75) is 58.3 Å². The number of H-pyrrole nitrogens is 1. The summed E-state index contributed by atoms with van der Waals surface area (Å²) in [5.74, 6) is 3.10. The van der Waals surface area contributed by atoms with Crippen LogP contribution in [0, 0.1) is 0 Å². The number of Topliss-reactive ketones (excluding diaryl/α,β-unsaturated/α-hetero) is 1. The predicted molar refractivity (Wildman–Crippen MR) is 142 cm³/mol. The van der Waals surface area contributed by atoms with Crippen LogP contribution in [0.4, 0.5) is 0 Å². The van der Waals surface area contributed by atoms with Crippen molar-refractivity contribution in [3.8, 4) is 17.2 Å². The minimum absolute atomic E-state index is 0.0268. The van der Waals surface area contributed by atoms with Crippen LogP contribution in [-0.4, -0.2) is 21.9 Å². The zero-order chi connectivity index (χ0) is 25.6. The van der Waals surface area contributed by atoms with Crippen LogP contribution in [0.15, 0.2) is 79.1 Å². The molecule has 1 N–H and O–H groups in total. The van der Waals surface area contributed by atoms with Gasteiger partial charge in [-0.05, 0) is 62.1 Å². The molecule has 1 heterocycles. The van der Waals surface area contributed by atoms with Crippen molar-refractivity contribution >= 4 is 5.78 Å². The Labute approximate surface area is 217 Å². The van der Waals surface area contributed by atoms with Gasteiger partial charge < -0.3 is 19.2 Å². The summed E-state index contributed by atoms with van der Waals surface area (Å²) in [6, 6.07) is 21.6. The number of fused-ring (bicyclic) bond motifs is 1. The molecule has 190 valence electrons. The molecule has 4 aromatic rings. The normalized spacial score (nSPS) is 13.8. The molecule has 0 fully saturated rings. The number of nitrogens with zero attached hydrogens (tertiary/aromatic N) is 1. The van der Waals surface area contributed by atoms with Crippen LogP contribution in [-0.2, 0) is 19.4 Å². The second-order valence-electron chi connectivity index (χ2n) is 9.50. The first-order chi connectivity index (χ1) is 18.1. The van der Waals surface area contributed by atoms with E-state index < -0.39 is 0 Å². The van der Waals surface area contributed by atoms with Gasteiger partial charge in [0.15, 0.2) is 17.3 Å². The summed E-state index contributed by atoms with van der Waals surface area (Å²) in [6.07, 6.45) is 6.12. The van der Waals surface area contributed by atoms with Crippen molar-refractivity contribution in [1.82, 2.24) is 9.97 Å². The van der Waals surface area contributed by atoms with Crippen molar-refractivity contribution in [2.24, 2.45) is 0 Å². The summed E-state index contributed by atoms with van der Waals surface area (Å²) >= 11 is 0. The number of hydrogen-bond donors (Lipinski definition) is 1. The van der Waals surface area contributed by atoms with Crippen LogP contribution >= 0.6 is 0 Å². The van der Waals surface area contributed by atoms with E-state index in [9.17, 15) is 4.79 Å². The topological polar surface area (TPSA) is 73.4 Å². The monoisotopic (exact) mass is 496 g/mol. The fourth-order valence-electron chi connectivity index (χ4n) is 4.75. The number of benzene rings is 3. The molecule has 1 aliphatic carbocycles. The summed E-state index contributed by atoms with van der Waals surface area (Å²) < 4.78 is 19.0. The van der Waals surface area contributed by atoms with E-state index in [1.54, 1.807) is 6.20 Å². The molecule has 0 radical (unpaired) electrons. The maximum absolute atomic E-state index is 12.7. The van der Waals surface area contributed by atoms with Gasteiger partial charge in [-0.25, -0.2) is 4.98 Å². The third-order valence-corrected chi connectivity index (χ3v) is 6.48. The van der Waals surface area contributed by atoms with E-state index in [4.69, 9.17) is 14.2 Å². The highest BCUT2D eigenvalue weighted by Gasteiger charge is 2.25. The molecule has 0 saturated carbocycles. The molecule has 3 aromatic carbocycles. The maximum atomic E-state index is 12.7. The highest BCUT2D eigenvalue weighted by molar-refractivity contribution is 5.99. The third-order valence-electron chi connectivity index (χ3n) is 6.48. The Balaban J connectivity index is 1.49. The van der Waals surface area contributed by atoms with Crippen LogP contribution in [0.3, 0.4) is 0 Å². The Morgan fingerprint density at radius 2 is 1.68 bits per heavy atom. The van der Waals surface area contributed by atoms with Crippen molar-refractivity contribution < 1.29 is 19.0 Å². The minimum Gasteiger partial charge on any atom is -0.487 e. The van der Waals surface area contributed by atoms with E-state index in [1.165, 1.54) is 0 Å². The number of rotatable bonds is 10. The number of carbonyl (C=O) groups is 1. The average molecular weight is 497 g/mol. The number of aromatic nitrogens is 2. The quantitative estimate of drug-likeness (QED) is 0.266. The zero-order valence-electron chi connectivity index (χ0n) is 21.3. The third kappa shape index (κ3) is 5.85. The van der Waals surface area contributed by atoms with E-state index in [0.29, 0.717) is 24.3 Å². The fourth-order valence-corrected chi connectivity index (χ4v) is 4.75. The number of imidazole rings is 1. The van der Waals surface area contributed by atoms with Crippen LogP contribution in [0.1, 0.15) is 65.7 Å². The molecule has 6 nitrogen and oxygen atoms in total. The van der Waals surface area contributed by atoms with Gasteiger partial charge in [0.05, 0.1) is 6.10 Å². The van der Waals surface area contributed by atoms with E-state index in [2.05, 4.69) is 22.1 Å². The fraction of sp³-hybridized carbons (Fsp3) is 0.290. The van der Waals surface area contributed by atoms with Gasteiger partial charge in [0.1, 0.15) is 24.3 Å². The molecule has 0 unspecified atom stereocenters. The van der Waals surface area contributed by atoms with Crippen molar-refractivity contribution in [2.75, 3.05) is 0 Å². The van der Waals surface area contributed by atoms with E-state index >= 15 is 0 Å². The number of ether oxygens (including phenoxy) is 3. The first kappa shape index (κ1) is 24.6. The zero-order valence-corrected chi connectivity index (χ0v) is 21.3. The molecule has 5 rings (SSSR count). The lowest BCUT2D eigenvalue weighted by molar-refractivity contribution is 0.0971. The Morgan fingerprint density at radius 1 is 0.892 bits per heavy atom. The Kier molecular flexibility index (Phi) is 7.54. The largest absolute Gasteiger partial charge is 0.487 e. The van der Waals surface area contributed by atoms with Gasteiger partial charge >= 0.3 is 0 Å². The van der Waals surface area contributed by atoms with Gasteiger partial charge in [0.2, 0.25) is 0 Å². The highest BCUT2D eigenvalue weighted by Crippen LogP contribution is 2.36.